The molecule has 4 aromatic rings. The maximum atomic E-state index is 11.1. The van der Waals surface area contributed by atoms with E-state index in [0.29, 0.717) is 0 Å². The molecule has 6 rings (SSSR count). The Hall–Kier alpha value is -4.03. The molecule has 0 unspecified atom stereocenters. The summed E-state index contributed by atoms with van der Waals surface area (Å²) in [6.07, 6.45) is 0.888. The van der Waals surface area contributed by atoms with Crippen LogP contribution in [0.5, 0.6) is 11.5 Å². The van der Waals surface area contributed by atoms with Gasteiger partial charge in [0.05, 0.1) is 25.7 Å². The van der Waals surface area contributed by atoms with Gasteiger partial charge in [0.25, 0.3) is 0 Å². The number of nitriles is 1. The molecule has 0 saturated heterocycles. The summed E-state index contributed by atoms with van der Waals surface area (Å²) in [6.45, 7) is 0. The Bertz CT molecular complexity index is 1420. The number of nitrogens with zero attached hydrogens (tertiary/aromatic N) is 1. The molecule has 0 heterocycles. The first-order valence-corrected chi connectivity index (χ1v) is 12.1. The van der Waals surface area contributed by atoms with Crippen molar-refractivity contribution < 1.29 is 9.47 Å². The fraction of sp³-hybridized carbons (Fsp3) is 0.219. The van der Waals surface area contributed by atoms with Gasteiger partial charge in [0.15, 0.2) is 0 Å². The number of hydrogen-bond acceptors (Lipinski definition) is 3. The molecule has 1 fully saturated rings. The molecule has 0 aromatic heterocycles. The minimum atomic E-state index is -0.676. The van der Waals surface area contributed by atoms with Crippen molar-refractivity contribution in [1.29, 1.82) is 5.26 Å². The van der Waals surface area contributed by atoms with Gasteiger partial charge in [0.1, 0.15) is 11.5 Å². The van der Waals surface area contributed by atoms with Crippen molar-refractivity contribution in [3.05, 3.63) is 119 Å². The van der Waals surface area contributed by atoms with Gasteiger partial charge in [-0.2, -0.15) is 5.26 Å². The predicted octanol–water partition coefficient (Wildman–Crippen LogP) is 7.20. The highest BCUT2D eigenvalue weighted by molar-refractivity contribution is 5.79. The molecule has 2 aliphatic carbocycles. The Morgan fingerprint density at radius 3 is 1.91 bits per heavy atom. The van der Waals surface area contributed by atoms with Gasteiger partial charge in [-0.1, -0.05) is 72.8 Å². The van der Waals surface area contributed by atoms with Crippen LogP contribution in [0.1, 0.15) is 46.4 Å². The first kappa shape index (κ1) is 21.5. The van der Waals surface area contributed by atoms with Crippen LogP contribution < -0.4 is 9.47 Å². The summed E-state index contributed by atoms with van der Waals surface area (Å²) >= 11 is 0. The quantitative estimate of drug-likeness (QED) is 0.325. The summed E-state index contributed by atoms with van der Waals surface area (Å²) < 4.78 is 10.9. The van der Waals surface area contributed by atoms with Gasteiger partial charge in [-0.05, 0) is 70.0 Å². The molecule has 0 spiro atoms. The van der Waals surface area contributed by atoms with Crippen molar-refractivity contribution in [3.63, 3.8) is 0 Å². The average molecular weight is 458 g/mol. The standard InChI is InChI=1S/C32H27NO2/c1-34-23-15-11-21(12-16-23)28-19-30(22-13-17-24(35-2)18-14-22)32(20-33)29-10-6-5-8-26(29)25-7-3-4-9-27(25)31(28)32/h3-18,28,30-31H,19H2,1-2H3/t28-,30+,31+,32-/m0/s1. The summed E-state index contributed by atoms with van der Waals surface area (Å²) in [4.78, 5) is 0. The highest BCUT2D eigenvalue weighted by Gasteiger charge is 2.60. The summed E-state index contributed by atoms with van der Waals surface area (Å²) in [7, 11) is 3.38. The van der Waals surface area contributed by atoms with Crippen LogP contribution in [-0.4, -0.2) is 14.2 Å². The zero-order chi connectivity index (χ0) is 24.0. The SMILES string of the molecule is COc1ccc([C@H]2C[C@@H](c3ccc(OC)cc3)[C@H]3c4ccccc4-c4ccccc4[C@@]23C#N)cc1. The van der Waals surface area contributed by atoms with Crippen LogP contribution in [0.25, 0.3) is 11.1 Å². The van der Waals surface area contributed by atoms with Crippen LogP contribution in [0.2, 0.25) is 0 Å². The van der Waals surface area contributed by atoms with Crippen LogP contribution in [0.4, 0.5) is 0 Å². The summed E-state index contributed by atoms with van der Waals surface area (Å²) in [5, 5.41) is 11.1. The minimum absolute atomic E-state index is 0.0408. The van der Waals surface area contributed by atoms with E-state index in [2.05, 4.69) is 78.9 Å². The van der Waals surface area contributed by atoms with E-state index in [-0.39, 0.29) is 17.8 Å². The van der Waals surface area contributed by atoms with Crippen LogP contribution in [-0.2, 0) is 5.41 Å². The fourth-order valence-corrected chi connectivity index (χ4v) is 6.64. The second-order valence-corrected chi connectivity index (χ2v) is 9.53. The lowest BCUT2D eigenvalue weighted by atomic mass is 9.58. The van der Waals surface area contributed by atoms with E-state index in [1.54, 1.807) is 14.2 Å². The Morgan fingerprint density at radius 2 is 1.29 bits per heavy atom. The summed E-state index contributed by atoms with van der Waals surface area (Å²) in [5.74, 6) is 1.96. The van der Waals surface area contributed by atoms with Crippen LogP contribution in [0, 0.1) is 11.3 Å². The Labute approximate surface area is 206 Å². The zero-order valence-corrected chi connectivity index (χ0v) is 19.9. The van der Waals surface area contributed by atoms with Gasteiger partial charge in [0, 0.05) is 11.8 Å². The highest BCUT2D eigenvalue weighted by Crippen LogP contribution is 2.68. The molecule has 0 aliphatic heterocycles. The summed E-state index contributed by atoms with van der Waals surface area (Å²) in [5.41, 5.74) is 6.59. The molecular weight excluding hydrogens is 430 g/mol. The lowest BCUT2D eigenvalue weighted by Crippen LogP contribution is -2.37. The van der Waals surface area contributed by atoms with Gasteiger partial charge >= 0.3 is 0 Å². The molecule has 35 heavy (non-hydrogen) atoms. The molecule has 3 nitrogen and oxygen atoms in total. The lowest BCUT2D eigenvalue weighted by Gasteiger charge is -2.42. The second kappa shape index (κ2) is 8.32. The molecular formula is C32H27NO2. The molecule has 4 aromatic carbocycles. The monoisotopic (exact) mass is 457 g/mol. The van der Waals surface area contributed by atoms with Crippen molar-refractivity contribution in [2.75, 3.05) is 14.2 Å². The van der Waals surface area contributed by atoms with E-state index in [1.807, 2.05) is 24.3 Å². The highest BCUT2D eigenvalue weighted by atomic mass is 16.5. The zero-order valence-electron chi connectivity index (χ0n) is 19.9. The van der Waals surface area contributed by atoms with Crippen LogP contribution >= 0.6 is 0 Å². The van der Waals surface area contributed by atoms with Crippen molar-refractivity contribution in [1.82, 2.24) is 0 Å². The number of fused-ring (bicyclic) bond motifs is 6. The molecule has 0 bridgehead atoms. The van der Waals surface area contributed by atoms with E-state index in [4.69, 9.17) is 9.47 Å². The van der Waals surface area contributed by atoms with E-state index in [9.17, 15) is 5.26 Å². The van der Waals surface area contributed by atoms with Gasteiger partial charge < -0.3 is 9.47 Å². The van der Waals surface area contributed by atoms with Crippen molar-refractivity contribution >= 4 is 0 Å². The van der Waals surface area contributed by atoms with Crippen LogP contribution in [0.3, 0.4) is 0 Å². The Kier molecular flexibility index (Phi) is 5.11. The molecule has 3 heteroatoms. The van der Waals surface area contributed by atoms with Crippen molar-refractivity contribution in [2.45, 2.75) is 29.6 Å². The van der Waals surface area contributed by atoms with E-state index in [1.165, 1.54) is 27.8 Å². The lowest BCUT2D eigenvalue weighted by molar-refractivity contribution is 0.413. The van der Waals surface area contributed by atoms with E-state index in [0.717, 1.165) is 23.5 Å². The molecule has 0 radical (unpaired) electrons. The van der Waals surface area contributed by atoms with Gasteiger partial charge in [-0.15, -0.1) is 0 Å². The van der Waals surface area contributed by atoms with Crippen molar-refractivity contribution in [3.8, 4) is 28.7 Å². The number of ether oxygens (including phenoxy) is 2. The van der Waals surface area contributed by atoms with Gasteiger partial charge in [-0.3, -0.25) is 0 Å². The maximum absolute atomic E-state index is 11.1. The average Bonchev–Trinajstić information content (AvgIpc) is 3.30. The normalized spacial score (nSPS) is 24.0. The largest absolute Gasteiger partial charge is 0.497 e. The third kappa shape index (κ3) is 3.10. The topological polar surface area (TPSA) is 42.2 Å². The van der Waals surface area contributed by atoms with Gasteiger partial charge in [-0.25, -0.2) is 0 Å². The first-order chi connectivity index (χ1) is 17.2. The van der Waals surface area contributed by atoms with Gasteiger partial charge in [0.2, 0.25) is 0 Å². The molecule has 172 valence electrons. The molecule has 1 saturated carbocycles. The maximum Gasteiger partial charge on any atom is 0.118 e. The fourth-order valence-electron chi connectivity index (χ4n) is 6.64. The summed E-state index contributed by atoms with van der Waals surface area (Å²) in [6, 6.07) is 36.8. The van der Waals surface area contributed by atoms with Crippen molar-refractivity contribution in [2.24, 2.45) is 0 Å². The van der Waals surface area contributed by atoms with E-state index < -0.39 is 5.41 Å². The molecule has 4 atom stereocenters. The van der Waals surface area contributed by atoms with E-state index >= 15 is 0 Å². The number of hydrogen-bond donors (Lipinski definition) is 0. The molecule has 2 aliphatic rings. The first-order valence-electron chi connectivity index (χ1n) is 12.1. The van der Waals surface area contributed by atoms with Crippen LogP contribution in [0.15, 0.2) is 97.1 Å². The third-order valence-electron chi connectivity index (χ3n) is 8.14. The minimum Gasteiger partial charge on any atom is -0.497 e. The number of rotatable bonds is 4. The third-order valence-corrected chi connectivity index (χ3v) is 8.14. The number of methoxy groups -OCH3 is 2. The Balaban J connectivity index is 1.62. The molecule has 0 amide bonds. The smallest absolute Gasteiger partial charge is 0.118 e. The predicted molar refractivity (Wildman–Crippen MR) is 138 cm³/mol. The second-order valence-electron chi connectivity index (χ2n) is 9.53. The molecule has 0 N–H and O–H groups in total. The number of benzene rings is 4. The Morgan fingerprint density at radius 1 is 0.714 bits per heavy atom.